The molecule has 0 radical (unpaired) electrons. The van der Waals surface area contributed by atoms with Gasteiger partial charge in [0.15, 0.2) is 11.4 Å². The van der Waals surface area contributed by atoms with Crippen molar-refractivity contribution in [2.75, 3.05) is 0 Å². The van der Waals surface area contributed by atoms with Gasteiger partial charge in [-0.3, -0.25) is 9.97 Å². The third-order valence-corrected chi connectivity index (χ3v) is 11.0. The van der Waals surface area contributed by atoms with E-state index >= 15 is 8.63 Å². The van der Waals surface area contributed by atoms with Crippen molar-refractivity contribution in [3.05, 3.63) is 170 Å². The molecule has 0 fully saturated rings. The van der Waals surface area contributed by atoms with E-state index in [0.717, 1.165) is 59.9 Å². The molecule has 2 aliphatic rings. The van der Waals surface area contributed by atoms with Crippen molar-refractivity contribution >= 4 is 64.7 Å². The van der Waals surface area contributed by atoms with E-state index in [0.29, 0.717) is 22.8 Å². The molecular weight excluding hydrogens is 649 g/mol. The fourth-order valence-corrected chi connectivity index (χ4v) is 8.71. The molecule has 7 heterocycles. The van der Waals surface area contributed by atoms with Gasteiger partial charge < -0.3 is 17.6 Å². The molecule has 0 atom stereocenters. The van der Waals surface area contributed by atoms with Crippen molar-refractivity contribution in [1.29, 1.82) is 0 Å². The number of aryl methyl sites for hydroxylation is 1. The van der Waals surface area contributed by atoms with E-state index in [4.69, 9.17) is 0 Å². The average Bonchev–Trinajstić information content (AvgIpc) is 3.92. The SMILES string of the molecule is CC1=C(c2cccs2)C(/C=C/c2ccncc2)=[N+]2C1=C(c1ccc(C)cc1)c1c(C)c(-c3cccs3)c(/C=C/c3ccncc3)n1[B-]2(F)F. The number of thiophene rings is 2. The van der Waals surface area contributed by atoms with Crippen LogP contribution in [0.2, 0.25) is 0 Å². The molecule has 4 nitrogen and oxygen atoms in total. The lowest BCUT2D eigenvalue weighted by Crippen LogP contribution is -2.51. The molecular formula is C40H31BF2N4S2. The Kier molecular flexibility index (Phi) is 7.81. The molecule has 0 saturated carbocycles. The lowest BCUT2D eigenvalue weighted by molar-refractivity contribution is -0.361. The molecule has 0 spiro atoms. The van der Waals surface area contributed by atoms with Gasteiger partial charge in [-0.25, -0.2) is 0 Å². The highest BCUT2D eigenvalue weighted by Gasteiger charge is 2.58. The van der Waals surface area contributed by atoms with Crippen molar-refractivity contribution in [2.24, 2.45) is 0 Å². The van der Waals surface area contributed by atoms with Gasteiger partial charge in [0.2, 0.25) is 0 Å². The van der Waals surface area contributed by atoms with E-state index in [-0.39, 0.29) is 0 Å². The van der Waals surface area contributed by atoms with E-state index < -0.39 is 6.97 Å². The Bertz CT molecular complexity index is 2350. The molecule has 1 aromatic carbocycles. The van der Waals surface area contributed by atoms with Crippen LogP contribution in [0.4, 0.5) is 8.63 Å². The molecule has 240 valence electrons. The normalized spacial score (nSPS) is 15.6. The molecule has 2 aliphatic heterocycles. The van der Waals surface area contributed by atoms with Gasteiger partial charge in [0.25, 0.3) is 0 Å². The summed E-state index contributed by atoms with van der Waals surface area (Å²) in [5, 5.41) is 4.00. The van der Waals surface area contributed by atoms with E-state index in [1.54, 1.807) is 47.5 Å². The minimum absolute atomic E-state index is 0.472. The van der Waals surface area contributed by atoms with Crippen LogP contribution in [0.25, 0.3) is 39.8 Å². The third kappa shape index (κ3) is 5.21. The van der Waals surface area contributed by atoms with Crippen LogP contribution in [0.3, 0.4) is 0 Å². The maximum absolute atomic E-state index is 18.1. The van der Waals surface area contributed by atoms with Gasteiger partial charge in [0, 0.05) is 63.1 Å². The summed E-state index contributed by atoms with van der Waals surface area (Å²) in [5.74, 6) is 0. The zero-order valence-corrected chi connectivity index (χ0v) is 28.8. The number of pyridine rings is 2. The van der Waals surface area contributed by atoms with Gasteiger partial charge in [-0.05, 0) is 102 Å². The Hall–Kier alpha value is -5.25. The van der Waals surface area contributed by atoms with Crippen LogP contribution >= 0.6 is 22.7 Å². The number of benzene rings is 1. The fourth-order valence-electron chi connectivity index (χ4n) is 7.04. The van der Waals surface area contributed by atoms with Crippen LogP contribution in [0, 0.1) is 13.8 Å². The highest BCUT2D eigenvalue weighted by molar-refractivity contribution is 7.13. The minimum Gasteiger partial charge on any atom is -0.389 e. The summed E-state index contributed by atoms with van der Waals surface area (Å²) < 4.78 is 38.8. The van der Waals surface area contributed by atoms with Crippen LogP contribution in [-0.2, 0) is 0 Å². The molecule has 5 aromatic heterocycles. The first-order chi connectivity index (χ1) is 23.8. The van der Waals surface area contributed by atoms with Crippen molar-refractivity contribution in [1.82, 2.24) is 14.4 Å². The number of rotatable bonds is 7. The molecule has 0 saturated heterocycles. The van der Waals surface area contributed by atoms with E-state index in [2.05, 4.69) is 34.2 Å². The number of nitrogens with zero attached hydrogens (tertiary/aromatic N) is 4. The predicted molar refractivity (Wildman–Crippen MR) is 202 cm³/mol. The minimum atomic E-state index is -4.40. The molecule has 9 heteroatoms. The van der Waals surface area contributed by atoms with Crippen LogP contribution in [0.1, 0.15) is 51.0 Å². The molecule has 0 bridgehead atoms. The summed E-state index contributed by atoms with van der Waals surface area (Å²) in [6, 6.07) is 23.7. The van der Waals surface area contributed by atoms with Gasteiger partial charge in [0.05, 0.1) is 11.1 Å². The first-order valence-electron chi connectivity index (χ1n) is 16.1. The van der Waals surface area contributed by atoms with E-state index in [1.807, 2.05) is 104 Å². The largest absolute Gasteiger partial charge is 0.737 e. The Morgan fingerprint density at radius 2 is 1.29 bits per heavy atom. The number of hydrogen-bond donors (Lipinski definition) is 0. The first kappa shape index (κ1) is 31.0. The van der Waals surface area contributed by atoms with Crippen molar-refractivity contribution in [3.63, 3.8) is 0 Å². The summed E-state index contributed by atoms with van der Waals surface area (Å²) in [4.78, 5) is 10.2. The maximum Gasteiger partial charge on any atom is 0.737 e. The highest BCUT2D eigenvalue weighted by Crippen LogP contribution is 2.51. The standard InChI is InChI=1S/C40H31BF2N4S2/c1-26-8-12-31(13-9-26)38-39-27(2)36(34-6-4-24-48-34)32(14-10-29-16-20-44-21-17-29)46(39)41(42,43)47-33(15-11-30-18-22-45-23-19-30)37(28(3)40(38)47)35-7-5-25-49-35/h4-25H,1-3H3/b14-10+,15-11+. The summed E-state index contributed by atoms with van der Waals surface area (Å²) in [7, 11) is 0. The molecule has 0 amide bonds. The van der Waals surface area contributed by atoms with Gasteiger partial charge >= 0.3 is 6.97 Å². The quantitative estimate of drug-likeness (QED) is 0.157. The smallest absolute Gasteiger partial charge is 0.389 e. The Morgan fingerprint density at radius 1 is 0.694 bits per heavy atom. The number of aromatic nitrogens is 3. The predicted octanol–water partition coefficient (Wildman–Crippen LogP) is 10.5. The number of fused-ring (bicyclic) bond motifs is 2. The van der Waals surface area contributed by atoms with Crippen LogP contribution in [0.5, 0.6) is 0 Å². The second-order valence-corrected chi connectivity index (χ2v) is 14.1. The molecule has 6 aromatic rings. The van der Waals surface area contributed by atoms with Gasteiger partial charge in [-0.15, -0.1) is 22.7 Å². The molecule has 49 heavy (non-hydrogen) atoms. The highest BCUT2D eigenvalue weighted by atomic mass is 32.1. The molecule has 8 rings (SSSR count). The first-order valence-corrected chi connectivity index (χ1v) is 17.8. The van der Waals surface area contributed by atoms with Crippen LogP contribution in [0.15, 0.2) is 126 Å². The summed E-state index contributed by atoms with van der Waals surface area (Å²) in [6.45, 7) is 1.62. The third-order valence-electron chi connectivity index (χ3n) is 9.22. The maximum atomic E-state index is 18.1. The second-order valence-electron chi connectivity index (χ2n) is 12.2. The van der Waals surface area contributed by atoms with Gasteiger partial charge in [-0.2, -0.15) is 0 Å². The van der Waals surface area contributed by atoms with Crippen LogP contribution < -0.4 is 0 Å². The Labute approximate surface area is 292 Å². The topological polar surface area (TPSA) is 33.7 Å². The van der Waals surface area contributed by atoms with Crippen molar-refractivity contribution in [2.45, 2.75) is 20.8 Å². The molecule has 0 aliphatic carbocycles. The van der Waals surface area contributed by atoms with E-state index in [9.17, 15) is 0 Å². The zero-order chi connectivity index (χ0) is 33.7. The number of halogens is 2. The summed E-state index contributed by atoms with van der Waals surface area (Å²) in [5.41, 5.74) is 9.88. The van der Waals surface area contributed by atoms with Crippen LogP contribution in [-0.4, -0.2) is 31.6 Å². The number of allylic oxidation sites excluding steroid dienone is 3. The lowest BCUT2D eigenvalue weighted by Gasteiger charge is -2.34. The van der Waals surface area contributed by atoms with Crippen molar-refractivity contribution in [3.8, 4) is 10.4 Å². The molecule has 0 N–H and O–H groups in total. The summed E-state index contributed by atoms with van der Waals surface area (Å²) in [6.07, 6.45) is 14.3. The van der Waals surface area contributed by atoms with Crippen molar-refractivity contribution < 1.29 is 13.1 Å². The zero-order valence-electron chi connectivity index (χ0n) is 27.1. The summed E-state index contributed by atoms with van der Waals surface area (Å²) >= 11 is 3.12. The van der Waals surface area contributed by atoms with Gasteiger partial charge in [-0.1, -0.05) is 48.0 Å². The van der Waals surface area contributed by atoms with Gasteiger partial charge in [0.1, 0.15) is 0 Å². The average molecular weight is 681 g/mol. The molecule has 0 unspecified atom stereocenters. The monoisotopic (exact) mass is 680 g/mol. The second kappa shape index (κ2) is 12.3. The van der Waals surface area contributed by atoms with E-state index in [1.165, 1.54) is 8.96 Å². The number of hydrogen-bond acceptors (Lipinski definition) is 4. The Balaban J connectivity index is 1.51. The lowest BCUT2D eigenvalue weighted by atomic mass is 9.83. The fraction of sp³-hybridized carbons (Fsp3) is 0.0750. The Morgan fingerprint density at radius 3 is 1.88 bits per heavy atom.